The van der Waals surface area contributed by atoms with Crippen molar-refractivity contribution in [1.82, 2.24) is 5.32 Å². The first-order valence-electron chi connectivity index (χ1n) is 13.4. The van der Waals surface area contributed by atoms with Gasteiger partial charge in [0, 0.05) is 6.04 Å². The number of allylic oxidation sites excluding steroid dienone is 2. The van der Waals surface area contributed by atoms with Crippen LogP contribution < -0.4 is 11.1 Å². The predicted molar refractivity (Wildman–Crippen MR) is 138 cm³/mol. The smallest absolute Gasteiger partial charge is 0.243 e. The number of hydrogen-bond acceptors (Lipinski definition) is 2. The van der Waals surface area contributed by atoms with E-state index in [9.17, 15) is 9.59 Å². The number of primary amides is 1. The first-order valence-corrected chi connectivity index (χ1v) is 13.4. The number of hydrogen-bond donors (Lipinski definition) is 2. The summed E-state index contributed by atoms with van der Waals surface area (Å²) in [5.74, 6) is 0.536. The van der Waals surface area contributed by atoms with Crippen molar-refractivity contribution in [3.05, 3.63) is 24.3 Å². The Hall–Kier alpha value is -1.58. The van der Waals surface area contributed by atoms with Gasteiger partial charge in [-0.1, -0.05) is 97.1 Å². The van der Waals surface area contributed by atoms with Crippen molar-refractivity contribution < 1.29 is 9.59 Å². The Morgan fingerprint density at radius 3 is 1.75 bits per heavy atom. The van der Waals surface area contributed by atoms with Crippen LogP contribution in [0.5, 0.6) is 0 Å². The predicted octanol–water partition coefficient (Wildman–Crippen LogP) is 7.38. The Balaban J connectivity index is 0.000000649. The fraction of sp³-hybridized carbons (Fsp3) is 0.786. The van der Waals surface area contributed by atoms with Gasteiger partial charge in [0.1, 0.15) is 0 Å². The van der Waals surface area contributed by atoms with E-state index in [0.717, 1.165) is 31.6 Å². The highest BCUT2D eigenvalue weighted by Crippen LogP contribution is 2.24. The lowest BCUT2D eigenvalue weighted by molar-refractivity contribution is -0.117. The average Bonchev–Trinajstić information content (AvgIpc) is 3.16. The molecule has 4 heteroatoms. The van der Waals surface area contributed by atoms with Gasteiger partial charge in [-0.15, -0.1) is 0 Å². The minimum Gasteiger partial charge on any atom is -0.366 e. The molecule has 0 bridgehead atoms. The summed E-state index contributed by atoms with van der Waals surface area (Å²) in [7, 11) is 0. The molecule has 0 saturated heterocycles. The number of carbonyl (C=O) groups excluding carboxylic acids is 2. The maximum absolute atomic E-state index is 11.7. The van der Waals surface area contributed by atoms with Gasteiger partial charge in [0.15, 0.2) is 0 Å². The molecule has 0 aromatic carbocycles. The van der Waals surface area contributed by atoms with E-state index >= 15 is 0 Å². The third-order valence-corrected chi connectivity index (χ3v) is 6.04. The molecule has 0 aliphatic heterocycles. The van der Waals surface area contributed by atoms with E-state index in [4.69, 9.17) is 5.73 Å². The summed E-state index contributed by atoms with van der Waals surface area (Å²) in [5.41, 5.74) is 4.95. The first kappa shape index (κ1) is 30.4. The second kappa shape index (κ2) is 22.6. The van der Waals surface area contributed by atoms with Crippen molar-refractivity contribution in [3.63, 3.8) is 0 Å². The summed E-state index contributed by atoms with van der Waals surface area (Å²) in [6.45, 7) is 6.72. The van der Waals surface area contributed by atoms with E-state index in [1.54, 1.807) is 6.08 Å². The van der Waals surface area contributed by atoms with Gasteiger partial charge in [-0.05, 0) is 63.0 Å². The number of unbranched alkanes of at least 4 members (excludes halogenated alkanes) is 12. The zero-order valence-electron chi connectivity index (χ0n) is 21.4. The number of nitrogens with two attached hydrogens (primary N) is 1. The van der Waals surface area contributed by atoms with Gasteiger partial charge < -0.3 is 11.1 Å². The van der Waals surface area contributed by atoms with E-state index in [0.29, 0.717) is 6.04 Å². The van der Waals surface area contributed by atoms with Crippen LogP contribution in [-0.4, -0.2) is 17.9 Å². The maximum Gasteiger partial charge on any atom is 0.243 e. The van der Waals surface area contributed by atoms with Crippen molar-refractivity contribution >= 4 is 11.8 Å². The highest BCUT2D eigenvalue weighted by Gasteiger charge is 2.21. The Morgan fingerprint density at radius 1 is 0.781 bits per heavy atom. The molecule has 0 aromatic heterocycles. The molecule has 186 valence electrons. The molecule has 0 spiro atoms. The highest BCUT2D eigenvalue weighted by molar-refractivity contribution is 5.87. The SMILES string of the molecule is CCCCCCCC/C=C/C(=O)N[C@@H]1CC[C@H](C)C1.CCCCCCCC/C=C/C(N)=O. The van der Waals surface area contributed by atoms with Crippen molar-refractivity contribution in [3.8, 4) is 0 Å². The summed E-state index contributed by atoms with van der Waals surface area (Å²) in [5, 5.41) is 3.10. The quantitative estimate of drug-likeness (QED) is 0.180. The molecule has 2 atom stereocenters. The molecular formula is C28H52N2O2. The van der Waals surface area contributed by atoms with E-state index in [2.05, 4.69) is 26.1 Å². The summed E-state index contributed by atoms with van der Waals surface area (Å²) in [6.07, 6.45) is 28.3. The summed E-state index contributed by atoms with van der Waals surface area (Å²) < 4.78 is 0. The third-order valence-electron chi connectivity index (χ3n) is 6.04. The van der Waals surface area contributed by atoms with Crippen LogP contribution in [0.25, 0.3) is 0 Å². The van der Waals surface area contributed by atoms with Crippen LogP contribution in [0.4, 0.5) is 0 Å². The molecule has 0 aromatic rings. The van der Waals surface area contributed by atoms with Gasteiger partial charge >= 0.3 is 0 Å². The highest BCUT2D eigenvalue weighted by atomic mass is 16.1. The Labute approximate surface area is 198 Å². The molecular weight excluding hydrogens is 396 g/mol. The second-order valence-corrected chi connectivity index (χ2v) is 9.44. The first-order chi connectivity index (χ1) is 15.5. The van der Waals surface area contributed by atoms with Crippen LogP contribution >= 0.6 is 0 Å². The van der Waals surface area contributed by atoms with Crippen LogP contribution in [-0.2, 0) is 9.59 Å². The van der Waals surface area contributed by atoms with E-state index in [1.165, 1.54) is 89.5 Å². The normalized spacial score (nSPS) is 18.1. The molecule has 0 heterocycles. The van der Waals surface area contributed by atoms with Crippen molar-refractivity contribution in [2.45, 2.75) is 136 Å². The largest absolute Gasteiger partial charge is 0.366 e. The topological polar surface area (TPSA) is 72.2 Å². The molecule has 1 aliphatic carbocycles. The Bertz CT molecular complexity index is 514. The second-order valence-electron chi connectivity index (χ2n) is 9.44. The zero-order chi connectivity index (χ0) is 23.9. The molecule has 0 unspecified atom stereocenters. The standard InChI is InChI=1S/C17H31NO.C11H21NO/c1-3-4-5-6-7-8-9-10-11-17(19)18-16-13-12-15(2)14-16;1-2-3-4-5-6-7-8-9-10-11(12)13/h10-11,15-16H,3-9,12-14H2,1-2H3,(H,18,19);9-10H,2-8H2,1H3,(H2,12,13)/b11-10+;10-9+/t15-,16+;/m0./s1. The van der Waals surface area contributed by atoms with E-state index in [-0.39, 0.29) is 11.8 Å². The lowest BCUT2D eigenvalue weighted by atomic mass is 10.1. The fourth-order valence-electron chi connectivity index (χ4n) is 4.06. The van der Waals surface area contributed by atoms with Crippen molar-refractivity contribution in [2.75, 3.05) is 0 Å². The molecule has 1 fully saturated rings. The molecule has 1 saturated carbocycles. The third kappa shape index (κ3) is 21.6. The molecule has 1 rings (SSSR count). The van der Waals surface area contributed by atoms with E-state index in [1.807, 2.05) is 12.2 Å². The number of rotatable bonds is 17. The van der Waals surface area contributed by atoms with Crippen molar-refractivity contribution in [1.29, 1.82) is 0 Å². The average molecular weight is 449 g/mol. The number of nitrogens with one attached hydrogen (secondary N) is 1. The van der Waals surface area contributed by atoms with Crippen LogP contribution in [0.15, 0.2) is 24.3 Å². The van der Waals surface area contributed by atoms with Crippen LogP contribution in [0.3, 0.4) is 0 Å². The van der Waals surface area contributed by atoms with Crippen molar-refractivity contribution in [2.24, 2.45) is 11.7 Å². The van der Waals surface area contributed by atoms with Crippen LogP contribution in [0, 0.1) is 5.92 Å². The lowest BCUT2D eigenvalue weighted by Gasteiger charge is -2.09. The minimum absolute atomic E-state index is 0.102. The molecule has 3 N–H and O–H groups in total. The molecule has 1 aliphatic rings. The Kier molecular flexibility index (Phi) is 21.5. The number of amides is 2. The van der Waals surface area contributed by atoms with Crippen LogP contribution in [0.1, 0.15) is 130 Å². The van der Waals surface area contributed by atoms with Gasteiger partial charge in [-0.3, -0.25) is 9.59 Å². The maximum atomic E-state index is 11.7. The van der Waals surface area contributed by atoms with Gasteiger partial charge in [0.25, 0.3) is 0 Å². The lowest BCUT2D eigenvalue weighted by Crippen LogP contribution is -2.31. The molecule has 2 amide bonds. The summed E-state index contributed by atoms with van der Waals surface area (Å²) >= 11 is 0. The number of carbonyl (C=O) groups is 2. The zero-order valence-corrected chi connectivity index (χ0v) is 21.4. The summed E-state index contributed by atoms with van der Waals surface area (Å²) in [4.78, 5) is 22.0. The molecule has 32 heavy (non-hydrogen) atoms. The van der Waals surface area contributed by atoms with Gasteiger partial charge in [0.2, 0.25) is 11.8 Å². The monoisotopic (exact) mass is 448 g/mol. The van der Waals surface area contributed by atoms with E-state index < -0.39 is 0 Å². The van der Waals surface area contributed by atoms with Crippen LogP contribution in [0.2, 0.25) is 0 Å². The molecule has 4 nitrogen and oxygen atoms in total. The fourth-order valence-corrected chi connectivity index (χ4v) is 4.06. The Morgan fingerprint density at radius 2 is 1.28 bits per heavy atom. The van der Waals surface area contributed by atoms with Gasteiger partial charge in [0.05, 0.1) is 0 Å². The van der Waals surface area contributed by atoms with Gasteiger partial charge in [-0.25, -0.2) is 0 Å². The molecule has 0 radical (unpaired) electrons. The summed E-state index contributed by atoms with van der Waals surface area (Å²) in [6, 6.07) is 0.418. The van der Waals surface area contributed by atoms with Gasteiger partial charge in [-0.2, -0.15) is 0 Å². The minimum atomic E-state index is -0.342.